The van der Waals surface area contributed by atoms with Gasteiger partial charge in [0.05, 0.1) is 12.3 Å². The maximum atomic E-state index is 6.29. The van der Waals surface area contributed by atoms with Crippen molar-refractivity contribution in [3.63, 3.8) is 0 Å². The van der Waals surface area contributed by atoms with Gasteiger partial charge in [0, 0.05) is 34.4 Å². The van der Waals surface area contributed by atoms with Gasteiger partial charge < -0.3 is 9.15 Å². The fraction of sp³-hybridized carbons (Fsp3) is 0.158. The van der Waals surface area contributed by atoms with Gasteiger partial charge in [0.1, 0.15) is 17.2 Å². The van der Waals surface area contributed by atoms with Gasteiger partial charge in [-0.2, -0.15) is 5.10 Å². The third kappa shape index (κ3) is 2.44. The number of rotatable bonds is 2. The summed E-state index contributed by atoms with van der Waals surface area (Å²) in [5, 5.41) is 6.86. The molecular formula is C19H14BrN3O2. The summed E-state index contributed by atoms with van der Waals surface area (Å²) < 4.78 is 12.9. The van der Waals surface area contributed by atoms with Crippen molar-refractivity contribution >= 4 is 21.6 Å². The van der Waals surface area contributed by atoms with E-state index in [-0.39, 0.29) is 12.3 Å². The number of hydrogen-bond donors (Lipinski definition) is 0. The van der Waals surface area contributed by atoms with Crippen LogP contribution in [0.5, 0.6) is 5.75 Å². The summed E-state index contributed by atoms with van der Waals surface area (Å²) in [6.07, 6.45) is 5.73. The molecule has 5 rings (SSSR count). The largest absolute Gasteiger partial charge is 0.464 e. The number of hydrogen-bond acceptors (Lipinski definition) is 5. The highest BCUT2D eigenvalue weighted by Crippen LogP contribution is 2.48. The van der Waals surface area contributed by atoms with Gasteiger partial charge in [0.25, 0.3) is 0 Å². The van der Waals surface area contributed by atoms with Gasteiger partial charge in [0.2, 0.25) is 6.23 Å². The quantitative estimate of drug-likeness (QED) is 0.631. The van der Waals surface area contributed by atoms with Crippen molar-refractivity contribution < 1.29 is 9.15 Å². The van der Waals surface area contributed by atoms with Gasteiger partial charge in [-0.3, -0.25) is 4.98 Å². The third-order valence-electron chi connectivity index (χ3n) is 4.55. The molecule has 0 spiro atoms. The molecule has 3 aromatic rings. The molecule has 0 aliphatic carbocycles. The molecule has 2 aliphatic rings. The zero-order chi connectivity index (χ0) is 16.8. The van der Waals surface area contributed by atoms with Crippen LogP contribution in [0.3, 0.4) is 0 Å². The summed E-state index contributed by atoms with van der Waals surface area (Å²) >= 11 is 3.56. The molecule has 1 aromatic carbocycles. The summed E-state index contributed by atoms with van der Waals surface area (Å²) in [5.74, 6) is 1.70. The Morgan fingerprint density at radius 2 is 2.00 bits per heavy atom. The zero-order valence-corrected chi connectivity index (χ0v) is 14.8. The van der Waals surface area contributed by atoms with E-state index >= 15 is 0 Å². The maximum Gasteiger partial charge on any atom is 0.213 e. The first-order valence-corrected chi connectivity index (χ1v) is 8.84. The van der Waals surface area contributed by atoms with Crippen LogP contribution in [-0.4, -0.2) is 15.7 Å². The van der Waals surface area contributed by atoms with E-state index in [1.54, 1.807) is 18.7 Å². The van der Waals surface area contributed by atoms with Crippen LogP contribution < -0.4 is 4.74 Å². The number of benzene rings is 1. The van der Waals surface area contributed by atoms with Crippen molar-refractivity contribution in [3.8, 4) is 5.75 Å². The summed E-state index contributed by atoms with van der Waals surface area (Å²) in [7, 11) is 0. The predicted molar refractivity (Wildman–Crippen MR) is 96.2 cm³/mol. The molecule has 0 fully saturated rings. The van der Waals surface area contributed by atoms with E-state index in [0.717, 1.165) is 39.2 Å². The van der Waals surface area contributed by atoms with Crippen molar-refractivity contribution in [3.05, 3.63) is 82.5 Å². The fourth-order valence-electron chi connectivity index (χ4n) is 3.40. The van der Waals surface area contributed by atoms with Crippen LogP contribution in [0.1, 0.15) is 35.6 Å². The SMILES string of the molecule is Brc1ccc2c(c1)[C@H]1CC(c3ccco3)=NN1[C@H](c1ccncc1)O2. The summed E-state index contributed by atoms with van der Waals surface area (Å²) in [6, 6.07) is 14.0. The van der Waals surface area contributed by atoms with Gasteiger partial charge in [-0.05, 0) is 42.5 Å². The van der Waals surface area contributed by atoms with Crippen molar-refractivity contribution in [1.29, 1.82) is 0 Å². The molecule has 0 N–H and O–H groups in total. The summed E-state index contributed by atoms with van der Waals surface area (Å²) in [5.41, 5.74) is 3.09. The molecular weight excluding hydrogens is 382 g/mol. The number of fused-ring (bicyclic) bond motifs is 3. The van der Waals surface area contributed by atoms with E-state index in [9.17, 15) is 0 Å². The lowest BCUT2D eigenvalue weighted by Gasteiger charge is -2.38. The van der Waals surface area contributed by atoms with Crippen LogP contribution in [0.25, 0.3) is 0 Å². The fourth-order valence-corrected chi connectivity index (χ4v) is 3.78. The van der Waals surface area contributed by atoms with Crippen LogP contribution >= 0.6 is 15.9 Å². The standard InChI is InChI=1S/C19H14BrN3O2/c20-13-3-4-17-14(10-13)16-11-15(18-2-1-9-24-18)22-23(16)19(25-17)12-5-7-21-8-6-12/h1-10,16,19H,11H2/t16-,19+/m1/s1. The Morgan fingerprint density at radius 3 is 2.80 bits per heavy atom. The lowest BCUT2D eigenvalue weighted by Crippen LogP contribution is -2.33. The Morgan fingerprint density at radius 1 is 1.12 bits per heavy atom. The zero-order valence-electron chi connectivity index (χ0n) is 13.2. The third-order valence-corrected chi connectivity index (χ3v) is 5.04. The maximum absolute atomic E-state index is 6.29. The van der Waals surface area contributed by atoms with E-state index in [4.69, 9.17) is 14.3 Å². The van der Waals surface area contributed by atoms with E-state index in [2.05, 4.69) is 27.0 Å². The minimum Gasteiger partial charge on any atom is -0.464 e. The van der Waals surface area contributed by atoms with E-state index < -0.39 is 0 Å². The Kier molecular flexibility index (Phi) is 3.38. The van der Waals surface area contributed by atoms with Crippen LogP contribution in [0, 0.1) is 0 Å². The molecule has 25 heavy (non-hydrogen) atoms. The Bertz CT molecular complexity index is 941. The minimum atomic E-state index is -0.283. The number of ether oxygens (including phenoxy) is 1. The van der Waals surface area contributed by atoms with E-state index in [0.29, 0.717) is 0 Å². The molecule has 124 valence electrons. The predicted octanol–water partition coefficient (Wildman–Crippen LogP) is 4.68. The molecule has 6 heteroatoms. The number of aromatic nitrogens is 1. The Labute approximate surface area is 153 Å². The Balaban J connectivity index is 1.62. The Hall–Kier alpha value is -2.60. The number of nitrogens with zero attached hydrogens (tertiary/aromatic N) is 3. The lowest BCUT2D eigenvalue weighted by atomic mass is 9.97. The first-order valence-electron chi connectivity index (χ1n) is 8.05. The molecule has 2 aliphatic heterocycles. The van der Waals surface area contributed by atoms with Gasteiger partial charge in [-0.1, -0.05) is 15.9 Å². The van der Waals surface area contributed by atoms with Crippen molar-refractivity contribution in [2.45, 2.75) is 18.7 Å². The lowest BCUT2D eigenvalue weighted by molar-refractivity contribution is -0.0191. The number of pyridine rings is 1. The second-order valence-electron chi connectivity index (χ2n) is 6.06. The van der Waals surface area contributed by atoms with Crippen LogP contribution in [0.4, 0.5) is 0 Å². The normalized spacial score (nSPS) is 21.3. The number of hydrazone groups is 1. The van der Waals surface area contributed by atoms with Gasteiger partial charge in [-0.15, -0.1) is 0 Å². The smallest absolute Gasteiger partial charge is 0.213 e. The molecule has 5 nitrogen and oxygen atoms in total. The van der Waals surface area contributed by atoms with Gasteiger partial charge in [-0.25, -0.2) is 5.01 Å². The van der Waals surface area contributed by atoms with Crippen LogP contribution in [0.15, 0.2) is 75.1 Å². The van der Waals surface area contributed by atoms with E-state index in [1.807, 2.05) is 41.4 Å². The number of halogens is 1. The highest BCUT2D eigenvalue weighted by molar-refractivity contribution is 9.10. The molecule has 0 saturated heterocycles. The monoisotopic (exact) mass is 395 g/mol. The van der Waals surface area contributed by atoms with Gasteiger partial charge >= 0.3 is 0 Å². The minimum absolute atomic E-state index is 0.111. The van der Waals surface area contributed by atoms with Crippen molar-refractivity contribution in [2.75, 3.05) is 0 Å². The highest BCUT2D eigenvalue weighted by Gasteiger charge is 2.41. The van der Waals surface area contributed by atoms with Gasteiger partial charge in [0.15, 0.2) is 0 Å². The first-order chi connectivity index (χ1) is 12.3. The molecule has 0 bridgehead atoms. The molecule has 2 aromatic heterocycles. The number of furan rings is 1. The van der Waals surface area contributed by atoms with Crippen molar-refractivity contribution in [1.82, 2.24) is 9.99 Å². The van der Waals surface area contributed by atoms with Crippen molar-refractivity contribution in [2.24, 2.45) is 5.10 Å². The molecule has 0 unspecified atom stereocenters. The molecule has 0 saturated carbocycles. The highest BCUT2D eigenvalue weighted by atomic mass is 79.9. The van der Waals surface area contributed by atoms with Crippen LogP contribution in [0.2, 0.25) is 0 Å². The average Bonchev–Trinajstić information content (AvgIpc) is 3.31. The summed E-state index contributed by atoms with van der Waals surface area (Å²) in [4.78, 5) is 4.11. The summed E-state index contributed by atoms with van der Waals surface area (Å²) in [6.45, 7) is 0. The second-order valence-corrected chi connectivity index (χ2v) is 6.97. The molecule has 0 amide bonds. The second kappa shape index (κ2) is 5.74. The topological polar surface area (TPSA) is 50.9 Å². The van der Waals surface area contributed by atoms with E-state index in [1.165, 1.54) is 0 Å². The molecule has 0 radical (unpaired) electrons. The molecule has 2 atom stereocenters. The van der Waals surface area contributed by atoms with Crippen LogP contribution in [-0.2, 0) is 0 Å². The first kappa shape index (κ1) is 14.7. The molecule has 4 heterocycles. The average molecular weight is 396 g/mol.